The minimum atomic E-state index is 0.335. The Morgan fingerprint density at radius 3 is 2.83 bits per heavy atom. The van der Waals surface area contributed by atoms with Gasteiger partial charge in [0.2, 0.25) is 0 Å². The Morgan fingerprint density at radius 1 is 1.44 bits per heavy atom. The van der Waals surface area contributed by atoms with E-state index in [-0.39, 0.29) is 0 Å². The highest BCUT2D eigenvalue weighted by atomic mass is 32.1. The Balaban J connectivity index is 2.05. The standard InChI is InChI=1S/C13H14N4S/c1-10(5-11-3-4-18-9-11)17(2)13-8-15-12(6-14)7-16-13/h3-4,7-10H,5H2,1-2H3. The fourth-order valence-corrected chi connectivity index (χ4v) is 2.36. The molecule has 2 aromatic rings. The number of aromatic nitrogens is 2. The van der Waals surface area contributed by atoms with Crippen LogP contribution in [0.2, 0.25) is 0 Å². The zero-order valence-corrected chi connectivity index (χ0v) is 11.2. The van der Waals surface area contributed by atoms with Crippen molar-refractivity contribution in [2.24, 2.45) is 0 Å². The second-order valence-corrected chi connectivity index (χ2v) is 4.95. The summed E-state index contributed by atoms with van der Waals surface area (Å²) in [5, 5.41) is 12.9. The van der Waals surface area contributed by atoms with Crippen LogP contribution in [0.1, 0.15) is 18.2 Å². The molecule has 0 radical (unpaired) electrons. The van der Waals surface area contributed by atoms with Crippen LogP contribution < -0.4 is 4.90 Å². The summed E-state index contributed by atoms with van der Waals surface area (Å²) in [5.74, 6) is 0.789. The molecule has 0 N–H and O–H groups in total. The van der Waals surface area contributed by atoms with Crippen LogP contribution in [0.4, 0.5) is 5.82 Å². The minimum Gasteiger partial charge on any atom is -0.355 e. The molecule has 0 saturated heterocycles. The molecule has 0 saturated carbocycles. The molecular formula is C13H14N4S. The van der Waals surface area contributed by atoms with Gasteiger partial charge in [-0.25, -0.2) is 9.97 Å². The predicted molar refractivity (Wildman–Crippen MR) is 72.6 cm³/mol. The first-order valence-electron chi connectivity index (χ1n) is 5.66. The number of hydrogen-bond acceptors (Lipinski definition) is 5. The summed E-state index contributed by atoms with van der Waals surface area (Å²) < 4.78 is 0. The topological polar surface area (TPSA) is 52.8 Å². The summed E-state index contributed by atoms with van der Waals surface area (Å²) in [7, 11) is 1.99. The van der Waals surface area contributed by atoms with Crippen LogP contribution in [0.5, 0.6) is 0 Å². The Kier molecular flexibility index (Phi) is 3.90. The molecule has 2 heterocycles. The van der Waals surface area contributed by atoms with Gasteiger partial charge in [0, 0.05) is 13.1 Å². The highest BCUT2D eigenvalue weighted by Crippen LogP contribution is 2.15. The maximum atomic E-state index is 8.68. The van der Waals surface area contributed by atoms with E-state index in [4.69, 9.17) is 5.26 Å². The molecule has 0 aliphatic carbocycles. The van der Waals surface area contributed by atoms with Gasteiger partial charge in [0.05, 0.1) is 12.4 Å². The molecule has 92 valence electrons. The Labute approximate surface area is 111 Å². The Morgan fingerprint density at radius 2 is 2.28 bits per heavy atom. The van der Waals surface area contributed by atoms with Crippen molar-refractivity contribution in [2.45, 2.75) is 19.4 Å². The van der Waals surface area contributed by atoms with Gasteiger partial charge in [0.15, 0.2) is 5.69 Å². The molecule has 0 bridgehead atoms. The van der Waals surface area contributed by atoms with E-state index in [1.165, 1.54) is 11.8 Å². The van der Waals surface area contributed by atoms with Gasteiger partial charge in [-0.3, -0.25) is 0 Å². The van der Waals surface area contributed by atoms with Gasteiger partial charge in [-0.2, -0.15) is 16.6 Å². The quantitative estimate of drug-likeness (QED) is 0.845. The first-order valence-corrected chi connectivity index (χ1v) is 6.61. The average molecular weight is 258 g/mol. The summed E-state index contributed by atoms with van der Waals surface area (Å²) in [5.41, 5.74) is 1.68. The van der Waals surface area contributed by atoms with Crippen LogP contribution in [-0.4, -0.2) is 23.1 Å². The molecule has 5 heteroatoms. The molecule has 0 fully saturated rings. The number of anilines is 1. The number of nitrogens with zero attached hydrogens (tertiary/aromatic N) is 4. The van der Waals surface area contributed by atoms with E-state index in [1.807, 2.05) is 13.1 Å². The third kappa shape index (κ3) is 2.84. The molecule has 18 heavy (non-hydrogen) atoms. The van der Waals surface area contributed by atoms with Crippen molar-refractivity contribution >= 4 is 17.2 Å². The lowest BCUT2D eigenvalue weighted by Crippen LogP contribution is -2.31. The highest BCUT2D eigenvalue weighted by Gasteiger charge is 2.12. The fraction of sp³-hybridized carbons (Fsp3) is 0.308. The number of nitriles is 1. The van der Waals surface area contributed by atoms with Gasteiger partial charge in [0.1, 0.15) is 11.9 Å². The number of likely N-dealkylation sites (N-methyl/N-ethyl adjacent to an activating group) is 1. The van der Waals surface area contributed by atoms with Crippen LogP contribution >= 0.6 is 11.3 Å². The summed E-state index contributed by atoms with van der Waals surface area (Å²) in [6, 6.07) is 4.44. The van der Waals surface area contributed by atoms with Crippen molar-refractivity contribution < 1.29 is 0 Å². The highest BCUT2D eigenvalue weighted by molar-refractivity contribution is 7.07. The molecule has 4 nitrogen and oxygen atoms in total. The number of rotatable bonds is 4. The van der Waals surface area contributed by atoms with Crippen molar-refractivity contribution in [3.05, 3.63) is 40.5 Å². The third-order valence-electron chi connectivity index (χ3n) is 2.89. The van der Waals surface area contributed by atoms with Crippen LogP contribution in [0, 0.1) is 11.3 Å². The molecule has 1 unspecified atom stereocenters. The molecular weight excluding hydrogens is 244 g/mol. The number of thiophene rings is 1. The maximum Gasteiger partial charge on any atom is 0.158 e. The molecule has 0 aliphatic rings. The van der Waals surface area contributed by atoms with Crippen LogP contribution in [0.3, 0.4) is 0 Å². The average Bonchev–Trinajstić information content (AvgIpc) is 2.91. The van der Waals surface area contributed by atoms with Gasteiger partial charge >= 0.3 is 0 Å². The summed E-state index contributed by atoms with van der Waals surface area (Å²) in [6.45, 7) is 2.15. The van der Waals surface area contributed by atoms with E-state index in [1.54, 1.807) is 17.5 Å². The molecule has 2 rings (SSSR count). The van der Waals surface area contributed by atoms with Gasteiger partial charge in [-0.05, 0) is 35.7 Å². The SMILES string of the molecule is CC(Cc1ccsc1)N(C)c1cnc(C#N)cn1. The van der Waals surface area contributed by atoms with Crippen LogP contribution in [0.25, 0.3) is 0 Å². The maximum absolute atomic E-state index is 8.68. The normalized spacial score (nSPS) is 11.8. The van der Waals surface area contributed by atoms with Gasteiger partial charge < -0.3 is 4.90 Å². The van der Waals surface area contributed by atoms with Crippen molar-refractivity contribution in [1.29, 1.82) is 5.26 Å². The summed E-state index contributed by atoms with van der Waals surface area (Å²) in [6.07, 6.45) is 4.12. The van der Waals surface area contributed by atoms with Gasteiger partial charge in [-0.15, -0.1) is 0 Å². The Hall–Kier alpha value is -1.93. The van der Waals surface area contributed by atoms with Crippen molar-refractivity contribution in [3.8, 4) is 6.07 Å². The van der Waals surface area contributed by atoms with E-state index in [2.05, 4.69) is 38.6 Å². The van der Waals surface area contributed by atoms with Gasteiger partial charge in [0.25, 0.3) is 0 Å². The largest absolute Gasteiger partial charge is 0.355 e. The van der Waals surface area contributed by atoms with Crippen molar-refractivity contribution in [2.75, 3.05) is 11.9 Å². The van der Waals surface area contributed by atoms with Crippen molar-refractivity contribution in [1.82, 2.24) is 9.97 Å². The lowest BCUT2D eigenvalue weighted by Gasteiger charge is -2.25. The Bertz CT molecular complexity index is 527. The third-order valence-corrected chi connectivity index (χ3v) is 3.62. The minimum absolute atomic E-state index is 0.335. The predicted octanol–water partition coefficient (Wildman–Crippen LogP) is 2.48. The molecule has 0 amide bonds. The van der Waals surface area contributed by atoms with E-state index in [0.29, 0.717) is 11.7 Å². The van der Waals surface area contributed by atoms with Gasteiger partial charge in [-0.1, -0.05) is 0 Å². The lowest BCUT2D eigenvalue weighted by atomic mass is 10.1. The molecule has 1 atom stereocenters. The first-order chi connectivity index (χ1) is 8.70. The zero-order valence-electron chi connectivity index (χ0n) is 10.4. The lowest BCUT2D eigenvalue weighted by molar-refractivity contribution is 0.674. The van der Waals surface area contributed by atoms with Crippen molar-refractivity contribution in [3.63, 3.8) is 0 Å². The molecule has 2 aromatic heterocycles. The molecule has 0 spiro atoms. The van der Waals surface area contributed by atoms with E-state index in [9.17, 15) is 0 Å². The zero-order chi connectivity index (χ0) is 13.0. The fourth-order valence-electron chi connectivity index (χ4n) is 1.67. The summed E-state index contributed by atoms with van der Waals surface area (Å²) >= 11 is 1.71. The molecule has 0 aromatic carbocycles. The smallest absolute Gasteiger partial charge is 0.158 e. The van der Waals surface area contributed by atoms with Crippen LogP contribution in [0.15, 0.2) is 29.2 Å². The second-order valence-electron chi connectivity index (χ2n) is 4.17. The first kappa shape index (κ1) is 12.5. The van der Waals surface area contributed by atoms with E-state index >= 15 is 0 Å². The monoisotopic (exact) mass is 258 g/mol. The van der Waals surface area contributed by atoms with Crippen LogP contribution in [-0.2, 0) is 6.42 Å². The molecule has 0 aliphatic heterocycles. The summed E-state index contributed by atoms with van der Waals surface area (Å²) in [4.78, 5) is 10.4. The number of hydrogen-bond donors (Lipinski definition) is 0. The second kappa shape index (κ2) is 5.61. The van der Waals surface area contributed by atoms with E-state index in [0.717, 1.165) is 12.2 Å². The van der Waals surface area contributed by atoms with E-state index < -0.39 is 0 Å².